The fraction of sp³-hybridized carbons (Fsp3) is 0.0556. The Morgan fingerprint density at radius 3 is 2.54 bits per heavy atom. The van der Waals surface area contributed by atoms with E-state index in [1.54, 1.807) is 61.2 Å². The van der Waals surface area contributed by atoms with Gasteiger partial charge in [-0.3, -0.25) is 14.9 Å². The van der Waals surface area contributed by atoms with Crippen molar-refractivity contribution in [2.24, 2.45) is 0 Å². The third-order valence-electron chi connectivity index (χ3n) is 3.45. The normalized spacial score (nSPS) is 10.2. The number of rotatable bonds is 5. The summed E-state index contributed by atoms with van der Waals surface area (Å²) in [4.78, 5) is 28.7. The summed E-state index contributed by atoms with van der Waals surface area (Å²) in [6.07, 6.45) is 1.61. The predicted molar refractivity (Wildman–Crippen MR) is 105 cm³/mol. The van der Waals surface area contributed by atoms with Gasteiger partial charge in [-0.2, -0.15) is 0 Å². The quantitative estimate of drug-likeness (QED) is 0.626. The summed E-state index contributed by atoms with van der Waals surface area (Å²) >= 11 is 4.69. The largest absolute Gasteiger partial charge is 0.496 e. The fourth-order valence-corrected chi connectivity index (χ4v) is 3.27. The molecule has 132 valence electrons. The fourth-order valence-electron chi connectivity index (χ4n) is 2.20. The van der Waals surface area contributed by atoms with Gasteiger partial charge in [-0.25, -0.2) is 4.98 Å². The number of methoxy groups -OCH3 is 1. The van der Waals surface area contributed by atoms with Crippen molar-refractivity contribution in [1.29, 1.82) is 0 Å². The highest BCUT2D eigenvalue weighted by Crippen LogP contribution is 2.26. The molecule has 8 heteroatoms. The first-order valence-corrected chi connectivity index (χ1v) is 9.20. The van der Waals surface area contributed by atoms with E-state index in [1.807, 2.05) is 0 Å². The summed E-state index contributed by atoms with van der Waals surface area (Å²) in [5.74, 6) is 0.0662. The molecular weight excluding hydrogens is 418 g/mol. The molecule has 0 aliphatic heterocycles. The zero-order valence-electron chi connectivity index (χ0n) is 13.7. The standard InChI is InChI=1S/C18H14BrN3O3S/c1-25-15-6-5-12(10-14(15)19)16(23)21-13-4-2-3-11(9-13)17(24)22-18-20-7-8-26-18/h2-10H,1H3,(H,21,23)(H,20,22,24). The van der Waals surface area contributed by atoms with Gasteiger partial charge in [0.1, 0.15) is 5.75 Å². The Kier molecular flexibility index (Phi) is 5.65. The second kappa shape index (κ2) is 8.11. The molecule has 3 rings (SSSR count). The highest BCUT2D eigenvalue weighted by Gasteiger charge is 2.12. The van der Waals surface area contributed by atoms with E-state index in [0.717, 1.165) is 0 Å². The second-order valence-electron chi connectivity index (χ2n) is 5.18. The molecule has 2 aromatic carbocycles. The molecule has 0 atom stereocenters. The minimum atomic E-state index is -0.289. The van der Waals surface area contributed by atoms with Crippen LogP contribution in [0.15, 0.2) is 58.5 Å². The number of nitrogens with one attached hydrogen (secondary N) is 2. The van der Waals surface area contributed by atoms with Gasteiger partial charge in [-0.15, -0.1) is 11.3 Å². The molecule has 0 bridgehead atoms. The molecular formula is C18H14BrN3O3S. The van der Waals surface area contributed by atoms with Crippen molar-refractivity contribution >= 4 is 49.9 Å². The van der Waals surface area contributed by atoms with Gasteiger partial charge in [0.2, 0.25) is 0 Å². The van der Waals surface area contributed by atoms with Gasteiger partial charge in [-0.05, 0) is 52.3 Å². The van der Waals surface area contributed by atoms with Crippen LogP contribution in [0.3, 0.4) is 0 Å². The molecule has 0 aliphatic rings. The highest BCUT2D eigenvalue weighted by molar-refractivity contribution is 9.10. The summed E-state index contributed by atoms with van der Waals surface area (Å²) in [7, 11) is 1.56. The van der Waals surface area contributed by atoms with Gasteiger partial charge in [0.15, 0.2) is 5.13 Å². The number of anilines is 2. The van der Waals surface area contributed by atoms with Crippen LogP contribution in [0.5, 0.6) is 5.75 Å². The Labute approximate surface area is 162 Å². The molecule has 0 aliphatic carbocycles. The summed E-state index contributed by atoms with van der Waals surface area (Å²) in [5, 5.41) is 7.79. The third-order valence-corrected chi connectivity index (χ3v) is 4.76. The number of hydrogen-bond donors (Lipinski definition) is 2. The van der Waals surface area contributed by atoms with Crippen LogP contribution in [0.2, 0.25) is 0 Å². The summed E-state index contributed by atoms with van der Waals surface area (Å²) in [6.45, 7) is 0. The van der Waals surface area contributed by atoms with Crippen molar-refractivity contribution < 1.29 is 14.3 Å². The van der Waals surface area contributed by atoms with Crippen molar-refractivity contribution in [3.8, 4) is 5.75 Å². The Morgan fingerprint density at radius 2 is 1.85 bits per heavy atom. The van der Waals surface area contributed by atoms with Crippen LogP contribution in [0, 0.1) is 0 Å². The number of carbonyl (C=O) groups excluding carboxylic acids is 2. The number of ether oxygens (including phenoxy) is 1. The minimum absolute atomic E-state index is 0.286. The Balaban J connectivity index is 1.73. The second-order valence-corrected chi connectivity index (χ2v) is 6.92. The Bertz CT molecular complexity index is 945. The van der Waals surface area contributed by atoms with E-state index < -0.39 is 0 Å². The van der Waals surface area contributed by atoms with Gasteiger partial charge in [-0.1, -0.05) is 6.07 Å². The number of halogens is 1. The maximum Gasteiger partial charge on any atom is 0.257 e. The van der Waals surface area contributed by atoms with Crippen molar-refractivity contribution in [3.63, 3.8) is 0 Å². The Hall–Kier alpha value is -2.71. The number of carbonyl (C=O) groups is 2. The van der Waals surface area contributed by atoms with E-state index in [0.29, 0.717) is 32.2 Å². The number of aromatic nitrogens is 1. The average molecular weight is 432 g/mol. The molecule has 0 saturated heterocycles. The monoisotopic (exact) mass is 431 g/mol. The number of amides is 2. The van der Waals surface area contributed by atoms with E-state index in [1.165, 1.54) is 11.3 Å². The van der Waals surface area contributed by atoms with Crippen LogP contribution in [-0.4, -0.2) is 23.9 Å². The molecule has 1 heterocycles. The van der Waals surface area contributed by atoms with Gasteiger partial charge >= 0.3 is 0 Å². The van der Waals surface area contributed by atoms with Crippen molar-refractivity contribution in [1.82, 2.24) is 4.98 Å². The van der Waals surface area contributed by atoms with Crippen molar-refractivity contribution in [3.05, 3.63) is 69.6 Å². The Morgan fingerprint density at radius 1 is 1.08 bits per heavy atom. The summed E-state index contributed by atoms with van der Waals surface area (Å²) in [6, 6.07) is 11.7. The first-order chi connectivity index (χ1) is 12.6. The molecule has 0 spiro atoms. The smallest absolute Gasteiger partial charge is 0.257 e. The number of hydrogen-bond acceptors (Lipinski definition) is 5. The zero-order chi connectivity index (χ0) is 18.5. The maximum absolute atomic E-state index is 12.4. The molecule has 2 N–H and O–H groups in total. The zero-order valence-corrected chi connectivity index (χ0v) is 16.1. The molecule has 6 nitrogen and oxygen atoms in total. The molecule has 3 aromatic rings. The molecule has 0 saturated carbocycles. The molecule has 0 fully saturated rings. The highest BCUT2D eigenvalue weighted by atomic mass is 79.9. The van der Waals surface area contributed by atoms with E-state index in [4.69, 9.17) is 4.74 Å². The number of benzene rings is 2. The number of nitrogens with zero attached hydrogens (tertiary/aromatic N) is 1. The topological polar surface area (TPSA) is 80.3 Å². The van der Waals surface area contributed by atoms with E-state index in [-0.39, 0.29) is 11.8 Å². The predicted octanol–water partition coefficient (Wildman–Crippen LogP) is 4.42. The lowest BCUT2D eigenvalue weighted by molar-refractivity contribution is 0.101. The van der Waals surface area contributed by atoms with Gasteiger partial charge in [0.25, 0.3) is 11.8 Å². The lowest BCUT2D eigenvalue weighted by Crippen LogP contribution is -2.14. The van der Waals surface area contributed by atoms with Crippen LogP contribution in [0.4, 0.5) is 10.8 Å². The van der Waals surface area contributed by atoms with Crippen molar-refractivity contribution in [2.45, 2.75) is 0 Å². The van der Waals surface area contributed by atoms with Crippen LogP contribution in [0.1, 0.15) is 20.7 Å². The molecule has 0 unspecified atom stereocenters. The van der Waals surface area contributed by atoms with E-state index in [9.17, 15) is 9.59 Å². The summed E-state index contributed by atoms with van der Waals surface area (Å²) < 4.78 is 5.84. The third kappa shape index (κ3) is 4.27. The van der Waals surface area contributed by atoms with Crippen molar-refractivity contribution in [2.75, 3.05) is 17.7 Å². The van der Waals surface area contributed by atoms with E-state index >= 15 is 0 Å². The van der Waals surface area contributed by atoms with Crippen LogP contribution in [0.25, 0.3) is 0 Å². The van der Waals surface area contributed by atoms with Gasteiger partial charge < -0.3 is 10.1 Å². The van der Waals surface area contributed by atoms with Crippen LogP contribution < -0.4 is 15.4 Å². The van der Waals surface area contributed by atoms with Gasteiger partial charge in [0, 0.05) is 28.4 Å². The van der Waals surface area contributed by atoms with Crippen LogP contribution >= 0.6 is 27.3 Å². The first kappa shape index (κ1) is 18.1. The van der Waals surface area contributed by atoms with Crippen LogP contribution in [-0.2, 0) is 0 Å². The molecule has 26 heavy (non-hydrogen) atoms. The lowest BCUT2D eigenvalue weighted by atomic mass is 10.1. The molecule has 0 radical (unpaired) electrons. The average Bonchev–Trinajstić information content (AvgIpc) is 3.14. The first-order valence-electron chi connectivity index (χ1n) is 7.52. The number of thiazole rings is 1. The molecule has 1 aromatic heterocycles. The maximum atomic E-state index is 12.4. The van der Waals surface area contributed by atoms with Gasteiger partial charge in [0.05, 0.1) is 11.6 Å². The summed E-state index contributed by atoms with van der Waals surface area (Å²) in [5.41, 5.74) is 1.41. The van der Waals surface area contributed by atoms with E-state index in [2.05, 4.69) is 31.5 Å². The lowest BCUT2D eigenvalue weighted by Gasteiger charge is -2.09. The molecule has 2 amide bonds. The SMILES string of the molecule is COc1ccc(C(=O)Nc2cccc(C(=O)Nc3nccs3)c2)cc1Br. The minimum Gasteiger partial charge on any atom is -0.496 e.